The molecule has 3 aliphatic carbocycles. The molecule has 4 aromatic heterocycles. The van der Waals surface area contributed by atoms with Gasteiger partial charge in [0.2, 0.25) is 0 Å². The molecule has 47 heavy (non-hydrogen) atoms. The number of anilines is 1. The molecule has 6 N–H and O–H groups in total. The molecule has 11 atom stereocenters. The summed E-state index contributed by atoms with van der Waals surface area (Å²) in [6.45, 7) is 0.739. The number of phosphoric acid groups is 2. The van der Waals surface area contributed by atoms with E-state index >= 15 is 0 Å². The second-order valence-electron chi connectivity index (χ2n) is 12.4. The molecule has 3 saturated carbocycles. The highest BCUT2D eigenvalue weighted by Gasteiger charge is 2.74. The van der Waals surface area contributed by atoms with Gasteiger partial charge in [0.25, 0.3) is 5.56 Å². The molecule has 2 bridgehead atoms. The van der Waals surface area contributed by atoms with Crippen LogP contribution in [0.15, 0.2) is 23.8 Å². The third-order valence-electron chi connectivity index (χ3n) is 9.87. The van der Waals surface area contributed by atoms with Crippen molar-refractivity contribution in [3.63, 3.8) is 0 Å². The summed E-state index contributed by atoms with van der Waals surface area (Å²) >= 11 is 0. The number of hydrogen-bond acceptors (Lipinski definition) is 15. The van der Waals surface area contributed by atoms with Gasteiger partial charge in [-0.1, -0.05) is 0 Å². The molecule has 0 amide bonds. The van der Waals surface area contributed by atoms with Crippen LogP contribution in [0.2, 0.25) is 0 Å². The van der Waals surface area contributed by atoms with Crippen molar-refractivity contribution in [3.8, 4) is 0 Å². The number of ether oxygens (including phenoxy) is 1. The van der Waals surface area contributed by atoms with Gasteiger partial charge in [0.15, 0.2) is 22.6 Å². The lowest BCUT2D eigenvalue weighted by atomic mass is 10.0. The predicted octanol–water partition coefficient (Wildman–Crippen LogP) is 0.366. The van der Waals surface area contributed by atoms with Crippen LogP contribution in [-0.2, 0) is 32.0 Å². The van der Waals surface area contributed by atoms with E-state index in [0.717, 1.165) is 0 Å². The molecule has 4 aliphatic rings. The predicted molar refractivity (Wildman–Crippen MR) is 157 cm³/mol. The van der Waals surface area contributed by atoms with Crippen LogP contribution in [0.25, 0.3) is 22.3 Å². The monoisotopic (exact) mass is 695 g/mol. The number of hydrogen-bond donors (Lipinski definition) is 5. The Labute approximate surface area is 264 Å². The maximum Gasteiger partial charge on any atom is 0.472 e. The van der Waals surface area contributed by atoms with Crippen LogP contribution in [0.1, 0.15) is 30.7 Å². The fourth-order valence-corrected chi connectivity index (χ4v) is 9.84. The largest absolute Gasteiger partial charge is 0.472 e. The Morgan fingerprint density at radius 2 is 1.81 bits per heavy atom. The molecule has 5 heterocycles. The third kappa shape index (κ3) is 4.89. The lowest BCUT2D eigenvalue weighted by Crippen LogP contribution is -2.38. The maximum absolute atomic E-state index is 13.6. The number of aryl methyl sites for hydroxylation is 1. The van der Waals surface area contributed by atoms with Crippen molar-refractivity contribution in [2.24, 2.45) is 17.3 Å². The van der Waals surface area contributed by atoms with Crippen LogP contribution in [0.5, 0.6) is 0 Å². The van der Waals surface area contributed by atoms with E-state index in [1.165, 1.54) is 26.1 Å². The van der Waals surface area contributed by atoms with Crippen LogP contribution < -0.4 is 11.3 Å². The number of nitrogens with one attached hydrogen (secondary N) is 1. The number of methoxy groups -OCH3 is 1. The normalized spacial score (nSPS) is 40.4. The Kier molecular flexibility index (Phi) is 7.07. The number of nitrogens with zero attached hydrogens (tertiary/aromatic N) is 7. The van der Waals surface area contributed by atoms with Crippen molar-refractivity contribution >= 4 is 43.8 Å². The summed E-state index contributed by atoms with van der Waals surface area (Å²) in [5, 5.41) is 11.5. The molecule has 20 nitrogen and oxygen atoms in total. The molecule has 3 unspecified atom stereocenters. The van der Waals surface area contributed by atoms with Gasteiger partial charge in [-0.2, -0.15) is 0 Å². The van der Waals surface area contributed by atoms with Crippen molar-refractivity contribution in [1.82, 2.24) is 39.0 Å². The Balaban J connectivity index is 1.15. The minimum Gasteiger partial charge on any atom is -0.388 e. The fraction of sp³-hybridized carbons (Fsp3) is 0.600. The highest BCUT2D eigenvalue weighted by atomic mass is 31.2. The Bertz CT molecular complexity index is 2050. The molecule has 4 fully saturated rings. The van der Waals surface area contributed by atoms with Gasteiger partial charge in [-0.25, -0.2) is 34.0 Å². The Morgan fingerprint density at radius 1 is 1.06 bits per heavy atom. The third-order valence-corrected chi connectivity index (χ3v) is 11.8. The Morgan fingerprint density at radius 3 is 2.60 bits per heavy atom. The van der Waals surface area contributed by atoms with Crippen molar-refractivity contribution in [2.75, 3.05) is 26.1 Å². The SMILES string of the molecule is CO[C@@H]1[C@H]2COP(=O)(O)O[C@H]3[C@@H](O)[C@H](n4cnc5c(N)ncnc54)[C@H]4CC43COP(=O)(O)O[C@H]1[C@H](n1cnc3c(=O)[nH]c(C)nc31)C2. The van der Waals surface area contributed by atoms with Gasteiger partial charge in [0.05, 0.1) is 44.1 Å². The van der Waals surface area contributed by atoms with Gasteiger partial charge in [-0.15, -0.1) is 0 Å². The minimum atomic E-state index is -4.88. The number of phosphoric ester groups is 2. The van der Waals surface area contributed by atoms with E-state index in [1.54, 1.807) is 16.1 Å². The molecule has 22 heteroatoms. The summed E-state index contributed by atoms with van der Waals surface area (Å²) in [6.07, 6.45) is -0.386. The molecule has 0 radical (unpaired) electrons. The molecule has 1 aliphatic heterocycles. The number of nitrogen functional groups attached to an aromatic ring is 1. The number of rotatable bonds is 3. The van der Waals surface area contributed by atoms with Crippen LogP contribution in [0.4, 0.5) is 5.82 Å². The first-order valence-corrected chi connectivity index (χ1v) is 17.7. The van der Waals surface area contributed by atoms with Crippen molar-refractivity contribution in [1.29, 1.82) is 0 Å². The lowest BCUT2D eigenvalue weighted by molar-refractivity contribution is -0.0350. The molecule has 8 rings (SSSR count). The van der Waals surface area contributed by atoms with Gasteiger partial charge in [-0.05, 0) is 25.7 Å². The minimum absolute atomic E-state index is 0.0493. The fourth-order valence-electron chi connectivity index (χ4n) is 7.74. The first kappa shape index (κ1) is 31.1. The van der Waals surface area contributed by atoms with Crippen LogP contribution in [-0.4, -0.2) is 98.7 Å². The van der Waals surface area contributed by atoms with E-state index in [0.29, 0.717) is 17.0 Å². The number of aromatic nitrogens is 8. The van der Waals surface area contributed by atoms with Crippen LogP contribution in [0.3, 0.4) is 0 Å². The summed E-state index contributed by atoms with van der Waals surface area (Å²) in [4.78, 5) is 58.2. The van der Waals surface area contributed by atoms with Gasteiger partial charge in [0, 0.05) is 18.4 Å². The van der Waals surface area contributed by atoms with Gasteiger partial charge >= 0.3 is 15.6 Å². The van der Waals surface area contributed by atoms with E-state index in [-0.39, 0.29) is 36.4 Å². The topological polar surface area (TPSA) is 274 Å². The van der Waals surface area contributed by atoms with E-state index in [9.17, 15) is 28.8 Å². The first-order valence-electron chi connectivity index (χ1n) is 14.7. The van der Waals surface area contributed by atoms with Crippen molar-refractivity contribution in [2.45, 2.75) is 56.3 Å². The number of aliphatic hydroxyl groups excluding tert-OH is 1. The zero-order valence-corrected chi connectivity index (χ0v) is 26.7. The summed E-state index contributed by atoms with van der Waals surface area (Å²) in [7, 11) is -8.38. The van der Waals surface area contributed by atoms with Crippen LogP contribution >= 0.6 is 15.6 Å². The van der Waals surface area contributed by atoms with E-state index in [1.807, 2.05) is 0 Å². The van der Waals surface area contributed by atoms with E-state index in [2.05, 4.69) is 29.9 Å². The number of H-pyrrole nitrogens is 1. The maximum atomic E-state index is 13.6. The van der Waals surface area contributed by atoms with Gasteiger partial charge < -0.3 is 39.5 Å². The molecule has 4 aromatic rings. The summed E-state index contributed by atoms with van der Waals surface area (Å²) in [5.74, 6) is -0.679. The zero-order chi connectivity index (χ0) is 33.0. The zero-order valence-electron chi connectivity index (χ0n) is 24.9. The Hall–Kier alpha value is -3.16. The summed E-state index contributed by atoms with van der Waals surface area (Å²) in [6, 6.07) is -1.55. The van der Waals surface area contributed by atoms with Crippen molar-refractivity contribution in [3.05, 3.63) is 35.2 Å². The van der Waals surface area contributed by atoms with E-state index in [4.69, 9.17) is 28.6 Å². The second kappa shape index (κ2) is 10.7. The number of aromatic amines is 1. The molecule has 252 valence electrons. The van der Waals surface area contributed by atoms with Crippen LogP contribution in [0, 0.1) is 24.2 Å². The van der Waals surface area contributed by atoms with Crippen molar-refractivity contribution < 1.29 is 46.9 Å². The summed E-state index contributed by atoms with van der Waals surface area (Å²) in [5.41, 5.74) is 5.19. The quantitative estimate of drug-likeness (QED) is 0.181. The molecular formula is C25H31N9O11P2. The highest BCUT2D eigenvalue weighted by molar-refractivity contribution is 7.47. The molecule has 1 saturated heterocycles. The average molecular weight is 696 g/mol. The van der Waals surface area contributed by atoms with Gasteiger partial charge in [0.1, 0.15) is 36.0 Å². The number of imidazole rings is 2. The molecule has 0 aromatic carbocycles. The van der Waals surface area contributed by atoms with E-state index < -0.39 is 81.6 Å². The first-order chi connectivity index (χ1) is 22.3. The second-order valence-corrected chi connectivity index (χ2v) is 15.3. The molecular weight excluding hydrogens is 664 g/mol. The average Bonchev–Trinajstić information content (AvgIpc) is 3.30. The lowest BCUT2D eigenvalue weighted by Gasteiger charge is -2.30. The number of aliphatic hydroxyl groups is 1. The smallest absolute Gasteiger partial charge is 0.388 e. The number of nitrogens with two attached hydrogens (primary N) is 1. The molecule has 1 spiro atoms. The standard InChI is InChI=1S/C25H31N9O11P2/c1-10-31-23-15(24(36)32-10)30-8-33(23)13-3-11-5-42-46(37,38)45-20-17(35)16(34-9-29-14-21(26)27-7-28-22(14)34)12-4-25(12,20)6-43-47(39,40)44-19(13)18(11)41-2/h7-9,11-13,16-20,35H,3-6H2,1-2H3,(H,37,38)(H,39,40)(H2,26,27,28)(H,31,32,36)/t11-,12-,13-,16-,17+,18-,19+,20+,25?/m1/s1. The van der Waals surface area contributed by atoms with Gasteiger partial charge in [-0.3, -0.25) is 22.9 Å². The highest BCUT2D eigenvalue weighted by Crippen LogP contribution is 2.72. The summed E-state index contributed by atoms with van der Waals surface area (Å²) < 4.78 is 58.5. The number of fused-ring (bicyclic) bond motifs is 4.